The molecule has 5 rings (SSSR count). The minimum atomic E-state index is -0.828. The van der Waals surface area contributed by atoms with Crippen LogP contribution in [0.25, 0.3) is 0 Å². The van der Waals surface area contributed by atoms with Gasteiger partial charge in [-0.2, -0.15) is 0 Å². The Labute approximate surface area is 221 Å². The number of carbonyl (C=O) groups excluding carboxylic acids is 3. The predicted molar refractivity (Wildman–Crippen MR) is 139 cm³/mol. The van der Waals surface area contributed by atoms with E-state index < -0.39 is 22.6 Å². The van der Waals surface area contributed by atoms with Gasteiger partial charge in [0.15, 0.2) is 0 Å². The second-order valence-corrected chi connectivity index (χ2v) is 12.2. The number of benzene rings is 2. The van der Waals surface area contributed by atoms with Gasteiger partial charge in [-0.3, -0.25) is 14.4 Å². The molecule has 10 heteroatoms. The molecule has 3 fully saturated rings. The zero-order valence-corrected chi connectivity index (χ0v) is 21.9. The summed E-state index contributed by atoms with van der Waals surface area (Å²) in [5.41, 5.74) is 1.43. The number of hydrogen-bond acceptors (Lipinski definition) is 5. The summed E-state index contributed by atoms with van der Waals surface area (Å²) in [6.45, 7) is 0.112. The van der Waals surface area contributed by atoms with Crippen LogP contribution in [-0.4, -0.2) is 61.7 Å². The molecule has 2 aromatic rings. The Bertz CT molecular complexity index is 1150. The lowest BCUT2D eigenvalue weighted by Gasteiger charge is -2.35. The van der Waals surface area contributed by atoms with E-state index in [1.807, 2.05) is 30.3 Å². The number of likely N-dealkylation sites (tertiary alicyclic amines) is 1. The average Bonchev–Trinajstić information content (AvgIpc) is 3.43. The van der Waals surface area contributed by atoms with Crippen molar-refractivity contribution in [2.24, 2.45) is 11.8 Å². The number of aliphatic hydroxyl groups excluding tert-OH is 1. The topological polar surface area (TPSA) is 98.7 Å². The fraction of sp³-hybridized carbons (Fsp3) is 0.400. The summed E-state index contributed by atoms with van der Waals surface area (Å²) in [5.74, 6) is -2.02. The van der Waals surface area contributed by atoms with Gasteiger partial charge in [0.1, 0.15) is 6.04 Å². The Kier molecular flexibility index (Phi) is 6.87. The Morgan fingerprint density at radius 2 is 1.86 bits per heavy atom. The van der Waals surface area contributed by atoms with Gasteiger partial charge < -0.3 is 20.6 Å². The number of nitrogens with zero attached hydrogens (tertiary/aromatic N) is 1. The third-order valence-corrected chi connectivity index (χ3v) is 10.7. The summed E-state index contributed by atoms with van der Waals surface area (Å²) in [4.78, 5) is 42.2. The van der Waals surface area contributed by atoms with Gasteiger partial charge in [0.2, 0.25) is 17.7 Å². The highest BCUT2D eigenvalue weighted by molar-refractivity contribution is 9.09. The zero-order valence-electron chi connectivity index (χ0n) is 18.7. The van der Waals surface area contributed by atoms with E-state index in [9.17, 15) is 19.5 Å². The van der Waals surface area contributed by atoms with Crippen LogP contribution in [0.1, 0.15) is 12.0 Å². The summed E-state index contributed by atoms with van der Waals surface area (Å²) >= 11 is 11.5. The van der Waals surface area contributed by atoms with E-state index >= 15 is 0 Å². The van der Waals surface area contributed by atoms with Gasteiger partial charge in [-0.15, -0.1) is 11.8 Å². The Hall–Kier alpha value is -2.07. The molecule has 1 spiro atoms. The molecule has 35 heavy (non-hydrogen) atoms. The van der Waals surface area contributed by atoms with Crippen molar-refractivity contribution in [3.8, 4) is 0 Å². The minimum Gasteiger partial charge on any atom is -0.395 e. The van der Waals surface area contributed by atoms with Crippen molar-refractivity contribution in [3.63, 3.8) is 0 Å². The van der Waals surface area contributed by atoms with Crippen LogP contribution < -0.4 is 10.6 Å². The molecule has 6 atom stereocenters. The lowest BCUT2D eigenvalue weighted by Crippen LogP contribution is -2.53. The standard InChI is InChI=1S/C25H25BrClN3O4S/c26-15-12-25-19(18(20(15)35-25)22(32)28-13-14-6-2-1-3-7-14)24(34)30(10-11-31)21(25)23(33)29-17-9-5-4-8-16(17)27/h1-9,15,18-21,31H,10-13H2,(H,28,32)(H,29,33)/t15?,18-,19-,20-,21?,25?/m0/s1. The fourth-order valence-corrected chi connectivity index (χ4v) is 9.54. The molecule has 184 valence electrons. The summed E-state index contributed by atoms with van der Waals surface area (Å²) in [5, 5.41) is 15.9. The van der Waals surface area contributed by atoms with E-state index in [0.717, 1.165) is 5.56 Å². The van der Waals surface area contributed by atoms with Crippen molar-refractivity contribution >= 4 is 62.7 Å². The number of nitrogens with one attached hydrogen (secondary N) is 2. The molecule has 3 saturated heterocycles. The highest BCUT2D eigenvalue weighted by atomic mass is 79.9. The van der Waals surface area contributed by atoms with Gasteiger partial charge in [0.25, 0.3) is 0 Å². The molecule has 0 aromatic heterocycles. The van der Waals surface area contributed by atoms with Crippen molar-refractivity contribution in [3.05, 3.63) is 65.2 Å². The monoisotopic (exact) mass is 577 g/mol. The van der Waals surface area contributed by atoms with Gasteiger partial charge >= 0.3 is 0 Å². The Balaban J connectivity index is 1.44. The number of aliphatic hydroxyl groups is 1. The SMILES string of the molecule is O=C(Nc1ccccc1Cl)C1N(CCO)C(=O)[C@@H]2[C@H](C(=O)NCc3ccccc3)[C@H]3SC12CC3Br. The van der Waals surface area contributed by atoms with Crippen molar-refractivity contribution in [2.45, 2.75) is 33.8 Å². The van der Waals surface area contributed by atoms with Gasteiger partial charge in [-0.25, -0.2) is 0 Å². The van der Waals surface area contributed by atoms with Crippen molar-refractivity contribution in [1.82, 2.24) is 10.2 Å². The molecule has 0 saturated carbocycles. The number of halogens is 2. The van der Waals surface area contributed by atoms with Crippen LogP contribution in [-0.2, 0) is 20.9 Å². The molecule has 0 aliphatic carbocycles. The first-order valence-corrected chi connectivity index (χ1v) is 13.6. The number of alkyl halides is 1. The number of β-amino-alcohol motifs (C(OH)–C–C–N with tert-alkyl or cyclic N) is 1. The van der Waals surface area contributed by atoms with E-state index in [2.05, 4.69) is 26.6 Å². The van der Waals surface area contributed by atoms with Crippen molar-refractivity contribution in [1.29, 1.82) is 0 Å². The summed E-state index contributed by atoms with van der Waals surface area (Å²) in [6, 6.07) is 15.7. The highest BCUT2D eigenvalue weighted by Gasteiger charge is 2.75. The van der Waals surface area contributed by atoms with Crippen LogP contribution in [0.4, 0.5) is 5.69 Å². The van der Waals surface area contributed by atoms with E-state index in [0.29, 0.717) is 23.7 Å². The fourth-order valence-electron chi connectivity index (χ4n) is 5.74. The first kappa shape index (κ1) is 24.6. The van der Waals surface area contributed by atoms with Gasteiger partial charge in [-0.05, 0) is 24.1 Å². The summed E-state index contributed by atoms with van der Waals surface area (Å²) in [6.07, 6.45) is 0.573. The minimum absolute atomic E-state index is 0.0197. The number of anilines is 1. The molecule has 3 N–H and O–H groups in total. The highest BCUT2D eigenvalue weighted by Crippen LogP contribution is 2.67. The van der Waals surface area contributed by atoms with Gasteiger partial charge in [0.05, 0.1) is 33.9 Å². The molecule has 3 heterocycles. The first-order valence-electron chi connectivity index (χ1n) is 11.5. The Morgan fingerprint density at radius 3 is 2.57 bits per heavy atom. The smallest absolute Gasteiger partial charge is 0.248 e. The molecule has 3 aliphatic heterocycles. The molecule has 3 unspecified atom stereocenters. The third kappa shape index (κ3) is 4.16. The molecule has 7 nitrogen and oxygen atoms in total. The first-order chi connectivity index (χ1) is 16.9. The normalized spacial score (nSPS) is 30.9. The quantitative estimate of drug-likeness (QED) is 0.439. The van der Waals surface area contributed by atoms with E-state index in [4.69, 9.17) is 11.6 Å². The van der Waals surface area contributed by atoms with Crippen LogP contribution in [0.2, 0.25) is 5.02 Å². The molecule has 3 amide bonds. The molecular formula is C25H25BrClN3O4S. The number of hydrogen-bond donors (Lipinski definition) is 3. The number of amides is 3. The second-order valence-electron chi connectivity index (χ2n) is 9.09. The van der Waals surface area contributed by atoms with Gasteiger partial charge in [-0.1, -0.05) is 70.0 Å². The molecular weight excluding hydrogens is 554 g/mol. The predicted octanol–water partition coefficient (Wildman–Crippen LogP) is 3.05. The lowest BCUT2D eigenvalue weighted by atomic mass is 9.70. The average molecular weight is 579 g/mol. The largest absolute Gasteiger partial charge is 0.395 e. The molecule has 3 aliphatic rings. The third-order valence-electron chi connectivity index (χ3n) is 7.12. The number of fused-ring (bicyclic) bond motifs is 1. The maximum absolute atomic E-state index is 13.7. The maximum Gasteiger partial charge on any atom is 0.248 e. The number of carbonyl (C=O) groups is 3. The zero-order chi connectivity index (χ0) is 24.7. The summed E-state index contributed by atoms with van der Waals surface area (Å²) < 4.78 is -0.773. The van der Waals surface area contributed by atoms with Crippen LogP contribution in [0.15, 0.2) is 54.6 Å². The van der Waals surface area contributed by atoms with Crippen molar-refractivity contribution in [2.75, 3.05) is 18.5 Å². The van der Waals surface area contributed by atoms with E-state index in [-0.39, 0.29) is 41.0 Å². The molecule has 0 radical (unpaired) electrons. The summed E-state index contributed by atoms with van der Waals surface area (Å²) in [7, 11) is 0. The number of rotatable bonds is 7. The van der Waals surface area contributed by atoms with Gasteiger partial charge in [0, 0.05) is 23.2 Å². The second kappa shape index (κ2) is 9.76. The van der Waals surface area contributed by atoms with Crippen LogP contribution in [0.5, 0.6) is 0 Å². The van der Waals surface area contributed by atoms with Crippen molar-refractivity contribution < 1.29 is 19.5 Å². The van der Waals surface area contributed by atoms with E-state index in [1.165, 1.54) is 4.90 Å². The van der Waals surface area contributed by atoms with Crippen LogP contribution >= 0.6 is 39.3 Å². The molecule has 2 bridgehead atoms. The lowest BCUT2D eigenvalue weighted by molar-refractivity contribution is -0.139. The Morgan fingerprint density at radius 1 is 1.14 bits per heavy atom. The van der Waals surface area contributed by atoms with Crippen LogP contribution in [0, 0.1) is 11.8 Å². The van der Waals surface area contributed by atoms with Crippen LogP contribution in [0.3, 0.4) is 0 Å². The molecule has 2 aromatic carbocycles. The number of para-hydroxylation sites is 1. The number of thioether (sulfide) groups is 1. The maximum atomic E-state index is 13.7. The van der Waals surface area contributed by atoms with E-state index in [1.54, 1.807) is 36.0 Å².